The minimum absolute atomic E-state index is 0.0603. The molecule has 1 fully saturated rings. The van der Waals surface area contributed by atoms with Crippen LogP contribution in [0, 0.1) is 5.41 Å². The number of nitrogens with two attached hydrogens (primary N) is 1. The maximum Gasteiger partial charge on any atom is 0.266 e. The molecule has 2 aromatic carbocycles. The van der Waals surface area contributed by atoms with Gasteiger partial charge in [0.1, 0.15) is 17.5 Å². The second-order valence-corrected chi connectivity index (χ2v) is 10.3. The van der Waals surface area contributed by atoms with Crippen LogP contribution in [0.1, 0.15) is 65.8 Å². The lowest BCUT2D eigenvalue weighted by molar-refractivity contribution is -0.136. The van der Waals surface area contributed by atoms with Gasteiger partial charge in [-0.3, -0.25) is 34.2 Å². The van der Waals surface area contributed by atoms with Gasteiger partial charge in [-0.2, -0.15) is 0 Å². The first kappa shape index (κ1) is 26.8. The van der Waals surface area contributed by atoms with Gasteiger partial charge in [-0.25, -0.2) is 0 Å². The molecule has 1 atom stereocenters. The fourth-order valence-electron chi connectivity index (χ4n) is 4.56. The molecule has 10 nitrogen and oxygen atoms in total. The predicted molar refractivity (Wildman–Crippen MR) is 136 cm³/mol. The second kappa shape index (κ2) is 11.0. The minimum Gasteiger partial charge on any atom is -0.494 e. The number of hydrogen-bond donors (Lipinski definition) is 2. The second-order valence-electron chi connectivity index (χ2n) is 10.3. The van der Waals surface area contributed by atoms with Gasteiger partial charge in [-0.15, -0.1) is 0 Å². The maximum atomic E-state index is 13.2. The average molecular weight is 522 g/mol. The predicted octanol–water partition coefficient (Wildman–Crippen LogP) is 2.38. The largest absolute Gasteiger partial charge is 0.494 e. The van der Waals surface area contributed by atoms with Crippen LogP contribution in [0.4, 0.5) is 0 Å². The van der Waals surface area contributed by atoms with E-state index in [4.69, 9.17) is 15.2 Å². The number of piperidine rings is 1. The Kier molecular flexibility index (Phi) is 7.80. The molecule has 3 N–H and O–H groups in total. The standard InChI is InChI=1S/C28H31N3O7/c1-28(2,11-13-37-18-6-3-5-17(15-18)16-22(29)32)12-14-38-21-8-4-7-19-24(21)27(36)31(26(19)35)20-9-10-23(33)30-25(20)34/h3-8,15,20H,9-14,16H2,1-2H3,(H2,29,32)(H,30,33,34). The number of carbonyl (C=O) groups excluding carboxylic acids is 5. The van der Waals surface area contributed by atoms with Crippen LogP contribution in [-0.4, -0.2) is 53.7 Å². The topological polar surface area (TPSA) is 145 Å². The summed E-state index contributed by atoms with van der Waals surface area (Å²) in [6.07, 6.45) is 1.69. The van der Waals surface area contributed by atoms with Crippen molar-refractivity contribution in [3.63, 3.8) is 0 Å². The molecule has 0 bridgehead atoms. The van der Waals surface area contributed by atoms with E-state index in [1.54, 1.807) is 18.2 Å². The van der Waals surface area contributed by atoms with E-state index >= 15 is 0 Å². The molecule has 2 aliphatic rings. The quantitative estimate of drug-likeness (QED) is 0.432. The van der Waals surface area contributed by atoms with Gasteiger partial charge in [-0.05, 0) is 54.5 Å². The molecular weight excluding hydrogens is 490 g/mol. The van der Waals surface area contributed by atoms with Crippen LogP contribution >= 0.6 is 0 Å². The van der Waals surface area contributed by atoms with Crippen LogP contribution in [0.5, 0.6) is 11.5 Å². The molecule has 0 spiro atoms. The molecule has 1 saturated heterocycles. The number of rotatable bonds is 11. The van der Waals surface area contributed by atoms with Crippen molar-refractivity contribution in [2.45, 2.75) is 52.0 Å². The number of primary amides is 1. The van der Waals surface area contributed by atoms with Gasteiger partial charge in [0, 0.05) is 6.42 Å². The number of nitrogens with one attached hydrogen (secondary N) is 1. The van der Waals surface area contributed by atoms with Gasteiger partial charge in [0.25, 0.3) is 11.8 Å². The number of benzene rings is 2. The van der Waals surface area contributed by atoms with E-state index in [9.17, 15) is 24.0 Å². The smallest absolute Gasteiger partial charge is 0.266 e. The van der Waals surface area contributed by atoms with Crippen molar-refractivity contribution in [3.05, 3.63) is 59.2 Å². The summed E-state index contributed by atoms with van der Waals surface area (Å²) >= 11 is 0. The third kappa shape index (κ3) is 6.01. The van der Waals surface area contributed by atoms with E-state index in [0.717, 1.165) is 16.9 Å². The Hall–Kier alpha value is -4.21. The molecule has 2 heterocycles. The van der Waals surface area contributed by atoms with Crippen molar-refractivity contribution < 1.29 is 33.4 Å². The molecule has 0 radical (unpaired) electrons. The Balaban J connectivity index is 1.33. The molecule has 4 rings (SSSR count). The van der Waals surface area contributed by atoms with Crippen molar-refractivity contribution in [2.24, 2.45) is 11.1 Å². The normalized spacial score (nSPS) is 17.3. The number of carbonyl (C=O) groups is 5. The first-order valence-electron chi connectivity index (χ1n) is 12.5. The van der Waals surface area contributed by atoms with E-state index < -0.39 is 35.6 Å². The maximum absolute atomic E-state index is 13.2. The van der Waals surface area contributed by atoms with Gasteiger partial charge in [0.15, 0.2) is 0 Å². The number of fused-ring (bicyclic) bond motifs is 1. The SMILES string of the molecule is CC(C)(CCOc1cccc(CC(N)=O)c1)CCOc1cccc2c1C(=O)N(C1CCC(=O)NC1=O)C2=O. The molecule has 38 heavy (non-hydrogen) atoms. The van der Waals surface area contributed by atoms with E-state index in [1.807, 2.05) is 18.2 Å². The summed E-state index contributed by atoms with van der Waals surface area (Å²) in [7, 11) is 0. The molecule has 0 aliphatic carbocycles. The molecule has 2 aliphatic heterocycles. The highest BCUT2D eigenvalue weighted by Crippen LogP contribution is 2.34. The Morgan fingerprint density at radius 2 is 1.74 bits per heavy atom. The number of hydrogen-bond acceptors (Lipinski definition) is 7. The summed E-state index contributed by atoms with van der Waals surface area (Å²) in [5, 5.41) is 2.19. The van der Waals surface area contributed by atoms with Gasteiger partial charge in [0.2, 0.25) is 17.7 Å². The number of amides is 5. The summed E-state index contributed by atoms with van der Waals surface area (Å²) in [4.78, 5) is 62.0. The summed E-state index contributed by atoms with van der Waals surface area (Å²) < 4.78 is 11.8. The first-order chi connectivity index (χ1) is 18.1. The van der Waals surface area contributed by atoms with E-state index in [-0.39, 0.29) is 41.6 Å². The third-order valence-corrected chi connectivity index (χ3v) is 6.79. The molecular formula is C28H31N3O7. The summed E-state index contributed by atoms with van der Waals surface area (Å²) in [6, 6.07) is 11.0. The highest BCUT2D eigenvalue weighted by Gasteiger charge is 2.46. The molecule has 10 heteroatoms. The van der Waals surface area contributed by atoms with Crippen LogP contribution in [0.25, 0.3) is 0 Å². The molecule has 1 unspecified atom stereocenters. The monoisotopic (exact) mass is 521 g/mol. The van der Waals surface area contributed by atoms with Crippen LogP contribution < -0.4 is 20.5 Å². The lowest BCUT2D eigenvalue weighted by atomic mass is 9.86. The number of ether oxygens (including phenoxy) is 2. The Bertz CT molecular complexity index is 1290. The van der Waals surface area contributed by atoms with Gasteiger partial charge < -0.3 is 15.2 Å². The molecule has 0 aromatic heterocycles. The van der Waals surface area contributed by atoms with Crippen molar-refractivity contribution >= 4 is 29.5 Å². The van der Waals surface area contributed by atoms with Gasteiger partial charge in [0.05, 0.1) is 30.8 Å². The van der Waals surface area contributed by atoms with Crippen molar-refractivity contribution in [3.8, 4) is 11.5 Å². The third-order valence-electron chi connectivity index (χ3n) is 6.79. The lowest BCUT2D eigenvalue weighted by Gasteiger charge is -2.27. The summed E-state index contributed by atoms with van der Waals surface area (Å²) in [5.74, 6) is -1.68. The van der Waals surface area contributed by atoms with Crippen molar-refractivity contribution in [1.29, 1.82) is 0 Å². The number of imide groups is 2. The summed E-state index contributed by atoms with van der Waals surface area (Å²) in [5.41, 5.74) is 6.22. The molecule has 2 aromatic rings. The molecule has 0 saturated carbocycles. The van der Waals surface area contributed by atoms with Crippen LogP contribution in [0.2, 0.25) is 0 Å². The Morgan fingerprint density at radius 3 is 2.45 bits per heavy atom. The minimum atomic E-state index is -1.02. The average Bonchev–Trinajstić information content (AvgIpc) is 3.09. The fraction of sp³-hybridized carbons (Fsp3) is 0.393. The Labute approximate surface area is 220 Å². The Morgan fingerprint density at radius 1 is 1.03 bits per heavy atom. The highest BCUT2D eigenvalue weighted by molar-refractivity contribution is 6.24. The summed E-state index contributed by atoms with van der Waals surface area (Å²) in [6.45, 7) is 4.93. The fourth-order valence-corrected chi connectivity index (χ4v) is 4.56. The van der Waals surface area contributed by atoms with Crippen LogP contribution in [0.3, 0.4) is 0 Å². The molecule has 200 valence electrons. The molecule has 5 amide bonds. The zero-order chi connectivity index (χ0) is 27.4. The zero-order valence-electron chi connectivity index (χ0n) is 21.5. The van der Waals surface area contributed by atoms with E-state index in [2.05, 4.69) is 19.2 Å². The first-order valence-corrected chi connectivity index (χ1v) is 12.5. The number of nitrogens with zero attached hydrogens (tertiary/aromatic N) is 1. The van der Waals surface area contributed by atoms with E-state index in [1.165, 1.54) is 6.07 Å². The lowest BCUT2D eigenvalue weighted by Crippen LogP contribution is -2.54. The van der Waals surface area contributed by atoms with E-state index in [0.29, 0.717) is 25.4 Å². The van der Waals surface area contributed by atoms with Crippen molar-refractivity contribution in [2.75, 3.05) is 13.2 Å². The van der Waals surface area contributed by atoms with Gasteiger partial charge in [-0.1, -0.05) is 32.0 Å². The highest BCUT2D eigenvalue weighted by atomic mass is 16.5. The van der Waals surface area contributed by atoms with Crippen molar-refractivity contribution in [1.82, 2.24) is 10.2 Å². The van der Waals surface area contributed by atoms with Crippen LogP contribution in [-0.2, 0) is 20.8 Å². The van der Waals surface area contributed by atoms with Crippen LogP contribution in [0.15, 0.2) is 42.5 Å². The van der Waals surface area contributed by atoms with Gasteiger partial charge >= 0.3 is 0 Å². The zero-order valence-corrected chi connectivity index (χ0v) is 21.5.